The van der Waals surface area contributed by atoms with E-state index < -0.39 is 0 Å². The number of benzene rings is 2. The molecule has 34 heavy (non-hydrogen) atoms. The first-order valence-corrected chi connectivity index (χ1v) is 12.3. The van der Waals surface area contributed by atoms with Crippen LogP contribution in [-0.2, 0) is 17.6 Å². The molecule has 2 heterocycles. The highest BCUT2D eigenvalue weighted by atomic mass is 32.1. The number of aromatic nitrogens is 1. The van der Waals surface area contributed by atoms with Gasteiger partial charge in [-0.1, -0.05) is 12.1 Å². The molecule has 0 unspecified atom stereocenters. The number of thiazole rings is 1. The lowest BCUT2D eigenvalue weighted by molar-refractivity contribution is -0.132. The van der Waals surface area contributed by atoms with Crippen LogP contribution < -0.4 is 14.2 Å². The first kappa shape index (κ1) is 24.0. The maximum atomic E-state index is 12.9. The third-order valence-electron chi connectivity index (χ3n) is 6.12. The van der Waals surface area contributed by atoms with Gasteiger partial charge in [0.1, 0.15) is 10.8 Å². The summed E-state index contributed by atoms with van der Waals surface area (Å²) in [6, 6.07) is 14.0. The van der Waals surface area contributed by atoms with E-state index in [2.05, 4.69) is 17.0 Å². The zero-order valence-corrected chi connectivity index (χ0v) is 20.8. The Morgan fingerprint density at radius 3 is 2.35 bits per heavy atom. The predicted octanol–water partition coefficient (Wildman–Crippen LogP) is 3.77. The number of ether oxygens (including phenoxy) is 3. The molecule has 180 valence electrons. The number of hydrogen-bond donors (Lipinski definition) is 0. The zero-order chi connectivity index (χ0) is 23.9. The van der Waals surface area contributed by atoms with Crippen LogP contribution in [0.2, 0.25) is 0 Å². The number of nitrogens with zero attached hydrogens (tertiary/aromatic N) is 3. The number of piperazine rings is 1. The van der Waals surface area contributed by atoms with Crippen LogP contribution in [0.1, 0.15) is 11.3 Å². The van der Waals surface area contributed by atoms with Crippen LogP contribution in [0.5, 0.6) is 17.2 Å². The summed E-state index contributed by atoms with van der Waals surface area (Å²) >= 11 is 1.54. The molecule has 1 aliphatic rings. The van der Waals surface area contributed by atoms with Crippen molar-refractivity contribution in [3.8, 4) is 27.8 Å². The van der Waals surface area contributed by atoms with Crippen LogP contribution >= 0.6 is 11.3 Å². The maximum absolute atomic E-state index is 12.9. The summed E-state index contributed by atoms with van der Waals surface area (Å²) in [5.74, 6) is 2.37. The van der Waals surface area contributed by atoms with Crippen LogP contribution in [0.3, 0.4) is 0 Å². The van der Waals surface area contributed by atoms with Crippen molar-refractivity contribution in [2.75, 3.05) is 54.1 Å². The molecule has 8 heteroatoms. The minimum Gasteiger partial charge on any atom is -0.497 e. The topological polar surface area (TPSA) is 64.1 Å². The Kier molecular flexibility index (Phi) is 8.03. The van der Waals surface area contributed by atoms with Gasteiger partial charge in [0.05, 0.1) is 33.4 Å². The van der Waals surface area contributed by atoms with E-state index >= 15 is 0 Å². The maximum Gasteiger partial charge on any atom is 0.228 e. The summed E-state index contributed by atoms with van der Waals surface area (Å²) in [7, 11) is 4.92. The van der Waals surface area contributed by atoms with Crippen molar-refractivity contribution < 1.29 is 19.0 Å². The highest BCUT2D eigenvalue weighted by molar-refractivity contribution is 7.13. The van der Waals surface area contributed by atoms with E-state index in [-0.39, 0.29) is 5.91 Å². The Labute approximate surface area is 204 Å². The van der Waals surface area contributed by atoms with Gasteiger partial charge in [0.2, 0.25) is 5.91 Å². The van der Waals surface area contributed by atoms with Gasteiger partial charge in [-0.2, -0.15) is 0 Å². The van der Waals surface area contributed by atoms with Gasteiger partial charge >= 0.3 is 0 Å². The van der Waals surface area contributed by atoms with Gasteiger partial charge < -0.3 is 19.1 Å². The molecule has 1 amide bonds. The summed E-state index contributed by atoms with van der Waals surface area (Å²) in [6.07, 6.45) is 1.32. The van der Waals surface area contributed by atoms with Gasteiger partial charge in [0, 0.05) is 43.7 Å². The first-order valence-electron chi connectivity index (χ1n) is 11.4. The molecule has 1 aliphatic heterocycles. The fourth-order valence-electron chi connectivity index (χ4n) is 4.06. The summed E-state index contributed by atoms with van der Waals surface area (Å²) in [5, 5.41) is 2.83. The summed E-state index contributed by atoms with van der Waals surface area (Å²) < 4.78 is 15.9. The van der Waals surface area contributed by atoms with Crippen LogP contribution in [0, 0.1) is 0 Å². The van der Waals surface area contributed by atoms with E-state index in [0.717, 1.165) is 61.2 Å². The SMILES string of the molecule is COc1ccc(CCN2CCN(C(=O)Cc3csc(-c4ccc(OC)c(OC)c4)n3)CC2)cc1. The van der Waals surface area contributed by atoms with Crippen molar-refractivity contribution in [2.24, 2.45) is 0 Å². The van der Waals surface area contributed by atoms with Crippen molar-refractivity contribution in [3.63, 3.8) is 0 Å². The molecule has 3 aromatic rings. The molecule has 7 nitrogen and oxygen atoms in total. The summed E-state index contributed by atoms with van der Waals surface area (Å²) in [4.78, 5) is 21.9. The molecule has 0 saturated carbocycles. The summed E-state index contributed by atoms with van der Waals surface area (Å²) in [5.41, 5.74) is 3.06. The quantitative estimate of drug-likeness (QED) is 0.464. The Balaban J connectivity index is 1.26. The predicted molar refractivity (Wildman–Crippen MR) is 134 cm³/mol. The molecular weight excluding hydrogens is 450 g/mol. The molecular formula is C26H31N3O4S. The lowest BCUT2D eigenvalue weighted by Gasteiger charge is -2.34. The lowest BCUT2D eigenvalue weighted by atomic mass is 10.1. The number of methoxy groups -OCH3 is 3. The molecule has 0 atom stereocenters. The van der Waals surface area contributed by atoms with Crippen molar-refractivity contribution in [2.45, 2.75) is 12.8 Å². The van der Waals surface area contributed by atoms with Crippen molar-refractivity contribution in [1.82, 2.24) is 14.8 Å². The van der Waals surface area contributed by atoms with Crippen LogP contribution in [-0.4, -0.2) is 74.7 Å². The Bertz CT molecular complexity index is 1090. The van der Waals surface area contributed by atoms with Gasteiger partial charge in [-0.05, 0) is 42.3 Å². The highest BCUT2D eigenvalue weighted by Gasteiger charge is 2.22. The average molecular weight is 482 g/mol. The van der Waals surface area contributed by atoms with E-state index in [4.69, 9.17) is 19.2 Å². The number of carbonyl (C=O) groups excluding carboxylic acids is 1. The highest BCUT2D eigenvalue weighted by Crippen LogP contribution is 2.33. The van der Waals surface area contributed by atoms with Crippen molar-refractivity contribution in [3.05, 3.63) is 59.1 Å². The second-order valence-electron chi connectivity index (χ2n) is 8.21. The minimum atomic E-state index is 0.138. The zero-order valence-electron chi connectivity index (χ0n) is 20.0. The number of amides is 1. The molecule has 0 radical (unpaired) electrons. The number of hydrogen-bond acceptors (Lipinski definition) is 7. The van der Waals surface area contributed by atoms with Crippen LogP contribution in [0.15, 0.2) is 47.8 Å². The smallest absolute Gasteiger partial charge is 0.228 e. The molecule has 0 spiro atoms. The van der Waals surface area contributed by atoms with Gasteiger partial charge in [0.25, 0.3) is 0 Å². The fraction of sp³-hybridized carbons (Fsp3) is 0.385. The lowest BCUT2D eigenvalue weighted by Crippen LogP contribution is -2.49. The number of rotatable bonds is 9. The molecule has 1 fully saturated rings. The fourth-order valence-corrected chi connectivity index (χ4v) is 4.87. The second kappa shape index (κ2) is 11.4. The average Bonchev–Trinajstić information content (AvgIpc) is 3.36. The second-order valence-corrected chi connectivity index (χ2v) is 9.07. The Hall–Kier alpha value is -3.10. The van der Waals surface area contributed by atoms with E-state index in [1.807, 2.05) is 40.6 Å². The number of carbonyl (C=O) groups is 1. The Morgan fingerprint density at radius 1 is 0.941 bits per heavy atom. The van der Waals surface area contributed by atoms with Gasteiger partial charge in [-0.15, -0.1) is 11.3 Å². The first-order chi connectivity index (χ1) is 16.6. The molecule has 1 aromatic heterocycles. The molecule has 0 N–H and O–H groups in total. The van der Waals surface area contributed by atoms with Crippen molar-refractivity contribution in [1.29, 1.82) is 0 Å². The van der Waals surface area contributed by atoms with E-state index in [1.54, 1.807) is 21.3 Å². The Morgan fingerprint density at radius 2 is 1.68 bits per heavy atom. The van der Waals surface area contributed by atoms with Crippen LogP contribution in [0.25, 0.3) is 10.6 Å². The molecule has 0 aliphatic carbocycles. The van der Waals surface area contributed by atoms with Crippen molar-refractivity contribution >= 4 is 17.2 Å². The largest absolute Gasteiger partial charge is 0.497 e. The third kappa shape index (κ3) is 5.87. The molecule has 1 saturated heterocycles. The normalized spacial score (nSPS) is 14.1. The van der Waals surface area contributed by atoms with Crippen LogP contribution in [0.4, 0.5) is 0 Å². The standard InChI is InChI=1S/C26H31N3O4S/c1-31-22-7-4-19(5-8-22)10-11-28-12-14-29(15-13-28)25(30)17-21-18-34-26(27-21)20-6-9-23(32-2)24(16-20)33-3/h4-9,16,18H,10-15,17H2,1-3H3. The monoisotopic (exact) mass is 481 g/mol. The van der Waals surface area contributed by atoms with E-state index in [9.17, 15) is 4.79 Å². The molecule has 2 aromatic carbocycles. The van der Waals surface area contributed by atoms with E-state index in [1.165, 1.54) is 16.9 Å². The van der Waals surface area contributed by atoms with Gasteiger partial charge in [0.15, 0.2) is 11.5 Å². The third-order valence-corrected chi connectivity index (χ3v) is 7.06. The minimum absolute atomic E-state index is 0.138. The van der Waals surface area contributed by atoms with E-state index in [0.29, 0.717) is 17.9 Å². The molecule has 4 rings (SSSR count). The molecule has 0 bridgehead atoms. The van der Waals surface area contributed by atoms with Gasteiger partial charge in [-0.3, -0.25) is 9.69 Å². The summed E-state index contributed by atoms with van der Waals surface area (Å²) in [6.45, 7) is 4.31. The van der Waals surface area contributed by atoms with Gasteiger partial charge in [-0.25, -0.2) is 4.98 Å².